The number of benzene rings is 1. The second kappa shape index (κ2) is 5.01. The maximum atomic E-state index is 8.12. The molecule has 0 amide bonds. The van der Waals surface area contributed by atoms with E-state index in [1.54, 1.807) is 0 Å². The molecule has 0 bridgehead atoms. The van der Waals surface area contributed by atoms with Crippen LogP contribution in [0.4, 0.5) is 6.01 Å². The van der Waals surface area contributed by atoms with Crippen molar-refractivity contribution in [3.8, 4) is 5.69 Å². The van der Waals surface area contributed by atoms with E-state index < -0.39 is 6.50 Å². The summed E-state index contributed by atoms with van der Waals surface area (Å²) in [6.07, 6.45) is 3.61. The van der Waals surface area contributed by atoms with Gasteiger partial charge >= 0.3 is 6.01 Å². The monoisotopic (exact) mass is 284 g/mol. The van der Waals surface area contributed by atoms with Gasteiger partial charge < -0.3 is 9.73 Å². The van der Waals surface area contributed by atoms with Crippen LogP contribution in [0.3, 0.4) is 0 Å². The van der Waals surface area contributed by atoms with Crippen LogP contribution in [0, 0.1) is 0 Å². The van der Waals surface area contributed by atoms with Crippen molar-refractivity contribution in [3.63, 3.8) is 0 Å². The van der Waals surface area contributed by atoms with Crippen LogP contribution in [0.25, 0.3) is 5.69 Å². The Morgan fingerprint density at radius 1 is 1.24 bits per heavy atom. The lowest BCUT2D eigenvalue weighted by Gasteiger charge is -1.98. The molecule has 4 rings (SSSR count). The van der Waals surface area contributed by atoms with E-state index >= 15 is 0 Å². The Balaban J connectivity index is 1.54. The Bertz CT molecular complexity index is 812. The molecule has 1 fully saturated rings. The smallest absolute Gasteiger partial charge is 0.315 e. The molecule has 0 unspecified atom stereocenters. The Morgan fingerprint density at radius 3 is 2.90 bits per heavy atom. The van der Waals surface area contributed by atoms with Crippen molar-refractivity contribution in [1.29, 1.82) is 0 Å². The first-order valence-corrected chi connectivity index (χ1v) is 6.72. The summed E-state index contributed by atoms with van der Waals surface area (Å²) in [5.74, 6) is 0.874. The quantitative estimate of drug-likeness (QED) is 0.773. The van der Waals surface area contributed by atoms with Gasteiger partial charge in [0.25, 0.3) is 0 Å². The maximum Gasteiger partial charge on any atom is 0.315 e. The molecule has 106 valence electrons. The van der Waals surface area contributed by atoms with Crippen LogP contribution >= 0.6 is 0 Å². The highest BCUT2D eigenvalue weighted by molar-refractivity contribution is 5.30. The third kappa shape index (κ3) is 2.62. The fourth-order valence-corrected chi connectivity index (χ4v) is 1.93. The summed E-state index contributed by atoms with van der Waals surface area (Å²) in [5.41, 5.74) is 0.934. The normalized spacial score (nSPS) is 16.4. The van der Waals surface area contributed by atoms with Crippen molar-refractivity contribution >= 4 is 6.01 Å². The van der Waals surface area contributed by atoms with E-state index in [1.165, 1.54) is 10.9 Å². The van der Waals surface area contributed by atoms with Crippen LogP contribution in [0.5, 0.6) is 0 Å². The lowest BCUT2D eigenvalue weighted by atomic mass is 10.3. The number of rotatable bonds is 5. The topological polar surface area (TPSA) is 81.7 Å². The van der Waals surface area contributed by atoms with Crippen LogP contribution in [0.15, 0.2) is 40.9 Å². The average Bonchev–Trinajstić information content (AvgIpc) is 3.09. The molecular weight excluding hydrogens is 268 g/mol. The summed E-state index contributed by atoms with van der Waals surface area (Å²) in [5, 5.41) is 18.2. The number of nitrogens with zero attached hydrogens (tertiary/aromatic N) is 5. The molecule has 2 heterocycles. The van der Waals surface area contributed by atoms with Gasteiger partial charge in [-0.2, -0.15) is 0 Å². The van der Waals surface area contributed by atoms with Gasteiger partial charge in [0.15, 0.2) is 0 Å². The number of aromatic nitrogens is 5. The van der Waals surface area contributed by atoms with Crippen molar-refractivity contribution in [2.45, 2.75) is 25.3 Å². The van der Waals surface area contributed by atoms with Gasteiger partial charge in [0.05, 0.1) is 21.1 Å². The largest absolute Gasteiger partial charge is 0.408 e. The van der Waals surface area contributed by atoms with E-state index in [0.717, 1.165) is 18.5 Å². The van der Waals surface area contributed by atoms with Gasteiger partial charge in [-0.25, -0.2) is 4.68 Å². The van der Waals surface area contributed by atoms with E-state index in [-0.39, 0.29) is 11.7 Å². The van der Waals surface area contributed by atoms with E-state index in [9.17, 15) is 0 Å². The molecule has 1 aromatic carbocycles. The van der Waals surface area contributed by atoms with E-state index in [2.05, 4.69) is 25.8 Å². The minimum absolute atomic E-state index is 0.0474. The van der Waals surface area contributed by atoms with Crippen molar-refractivity contribution in [2.24, 2.45) is 0 Å². The van der Waals surface area contributed by atoms with Crippen molar-refractivity contribution in [3.05, 3.63) is 48.1 Å². The molecule has 1 aliphatic carbocycles. The fourth-order valence-electron chi connectivity index (χ4n) is 1.93. The summed E-state index contributed by atoms with van der Waals surface area (Å²) < 4.78 is 23.2. The minimum atomic E-state index is -1.97. The second-order valence-corrected chi connectivity index (χ2v) is 4.85. The van der Waals surface area contributed by atoms with Gasteiger partial charge in [0.2, 0.25) is 5.89 Å². The molecule has 0 atom stereocenters. The third-order valence-corrected chi connectivity index (χ3v) is 3.18. The van der Waals surface area contributed by atoms with Crippen molar-refractivity contribution in [2.75, 3.05) is 5.32 Å². The molecule has 7 nitrogen and oxygen atoms in total. The summed E-state index contributed by atoms with van der Waals surface area (Å²) >= 11 is 0. The zero-order valence-corrected chi connectivity index (χ0v) is 11.1. The Kier molecular flexibility index (Phi) is 2.41. The molecule has 0 aliphatic heterocycles. The van der Waals surface area contributed by atoms with E-state index in [0.29, 0.717) is 11.8 Å². The number of hydrogen-bond donors (Lipinski definition) is 1. The van der Waals surface area contributed by atoms with Crippen LogP contribution in [-0.2, 0) is 6.50 Å². The standard InChI is InChI=1S/C14H14N6O/c1-2-4-12(5-3-1)20-9-11(16-19-20)8-15-14-18-17-13(21-14)10-6-7-10/h1-5,9-10H,6-8H2,(H,15,18)/i8D2. The highest BCUT2D eigenvalue weighted by Gasteiger charge is 2.29. The molecule has 0 saturated heterocycles. The average molecular weight is 284 g/mol. The molecule has 1 aliphatic rings. The van der Waals surface area contributed by atoms with Crippen LogP contribution in [0.2, 0.25) is 0 Å². The van der Waals surface area contributed by atoms with Gasteiger partial charge in [-0.15, -0.1) is 10.2 Å². The Hall–Kier alpha value is -2.70. The molecule has 0 radical (unpaired) electrons. The second-order valence-electron chi connectivity index (χ2n) is 4.85. The first-order valence-electron chi connectivity index (χ1n) is 7.72. The van der Waals surface area contributed by atoms with Crippen molar-refractivity contribution in [1.82, 2.24) is 25.2 Å². The first kappa shape index (κ1) is 10.1. The predicted octanol–water partition coefficient (Wildman–Crippen LogP) is 2.14. The predicted molar refractivity (Wildman–Crippen MR) is 75.0 cm³/mol. The molecule has 3 aromatic rings. The third-order valence-electron chi connectivity index (χ3n) is 3.18. The summed E-state index contributed by atoms with van der Waals surface area (Å²) in [6, 6.07) is 9.42. The molecule has 0 spiro atoms. The highest BCUT2D eigenvalue weighted by Crippen LogP contribution is 2.39. The molecule has 7 heteroatoms. The van der Waals surface area contributed by atoms with Crippen LogP contribution < -0.4 is 5.32 Å². The van der Waals surface area contributed by atoms with Crippen molar-refractivity contribution < 1.29 is 7.16 Å². The summed E-state index contributed by atoms with van der Waals surface area (Å²) in [7, 11) is 0. The van der Waals surface area contributed by atoms with Gasteiger partial charge in [-0.1, -0.05) is 28.5 Å². The summed E-state index contributed by atoms with van der Waals surface area (Å²) in [4.78, 5) is 0. The minimum Gasteiger partial charge on any atom is -0.408 e. The molecule has 1 saturated carbocycles. The number of hydrogen-bond acceptors (Lipinski definition) is 6. The first-order chi connectivity index (χ1) is 11.1. The number of nitrogens with one attached hydrogen (secondary N) is 1. The fraction of sp³-hybridized carbons (Fsp3) is 0.286. The van der Waals surface area contributed by atoms with E-state index in [1.807, 2.05) is 30.3 Å². The van der Waals surface area contributed by atoms with Crippen LogP contribution in [-0.4, -0.2) is 25.2 Å². The molecule has 1 N–H and O–H groups in total. The number of para-hydroxylation sites is 1. The Morgan fingerprint density at radius 2 is 2.10 bits per heavy atom. The molecule has 21 heavy (non-hydrogen) atoms. The van der Waals surface area contributed by atoms with Gasteiger partial charge in [0, 0.05) is 5.92 Å². The van der Waals surface area contributed by atoms with Gasteiger partial charge in [0.1, 0.15) is 5.69 Å². The summed E-state index contributed by atoms with van der Waals surface area (Å²) in [6.45, 7) is -1.97. The highest BCUT2D eigenvalue weighted by atomic mass is 16.4. The molecular formula is C14H14N6O. The molecule has 2 aromatic heterocycles. The Labute approximate surface area is 123 Å². The number of anilines is 1. The van der Waals surface area contributed by atoms with Gasteiger partial charge in [-0.3, -0.25) is 0 Å². The zero-order chi connectivity index (χ0) is 15.9. The SMILES string of the molecule is [2H]C([2H])(Nc1nnc(C2CC2)o1)c1cn(-c2ccccc2)nn1. The maximum absolute atomic E-state index is 8.12. The lowest BCUT2D eigenvalue weighted by Crippen LogP contribution is -1.99. The van der Waals surface area contributed by atoms with Gasteiger partial charge in [-0.05, 0) is 25.0 Å². The van der Waals surface area contributed by atoms with E-state index in [4.69, 9.17) is 7.16 Å². The lowest BCUT2D eigenvalue weighted by molar-refractivity contribution is 0.506. The van der Waals surface area contributed by atoms with Crippen LogP contribution in [0.1, 0.15) is 33.1 Å². The zero-order valence-electron chi connectivity index (χ0n) is 13.1.